The van der Waals surface area contributed by atoms with Crippen molar-refractivity contribution < 1.29 is 0 Å². The van der Waals surface area contributed by atoms with Crippen molar-refractivity contribution >= 4 is 11.6 Å². The number of nitrogen functional groups attached to an aromatic ring is 1. The molecule has 6 nitrogen and oxygen atoms in total. The summed E-state index contributed by atoms with van der Waals surface area (Å²) >= 11 is 0. The molecule has 0 unspecified atom stereocenters. The van der Waals surface area contributed by atoms with Crippen molar-refractivity contribution in [2.45, 2.75) is 32.1 Å². The molecule has 1 saturated carbocycles. The molecule has 4 N–H and O–H groups in total. The summed E-state index contributed by atoms with van der Waals surface area (Å²) < 4.78 is 0. The Labute approximate surface area is 124 Å². The molecule has 1 aliphatic carbocycles. The lowest BCUT2D eigenvalue weighted by Gasteiger charge is -2.13. The molecule has 0 aromatic carbocycles. The smallest absolute Gasteiger partial charge is 0.148 e. The molecule has 110 valence electrons. The number of anilines is 2. The molecular weight excluding hydrogens is 264 g/mol. The van der Waals surface area contributed by atoms with Crippen LogP contribution >= 0.6 is 0 Å². The minimum Gasteiger partial charge on any atom is -0.369 e. The average molecular weight is 284 g/mol. The molecule has 2 aromatic heterocycles. The maximum Gasteiger partial charge on any atom is 0.148 e. The monoisotopic (exact) mass is 284 g/mol. The van der Waals surface area contributed by atoms with Gasteiger partial charge in [0.25, 0.3) is 0 Å². The molecule has 0 aliphatic heterocycles. The normalized spacial score (nSPS) is 14.0. The van der Waals surface area contributed by atoms with Crippen LogP contribution in [0.4, 0.5) is 11.6 Å². The van der Waals surface area contributed by atoms with Crippen molar-refractivity contribution in [3.8, 4) is 0 Å². The highest BCUT2D eigenvalue weighted by Crippen LogP contribution is 2.39. The predicted molar refractivity (Wildman–Crippen MR) is 83.0 cm³/mol. The van der Waals surface area contributed by atoms with E-state index in [0.717, 1.165) is 30.2 Å². The fourth-order valence-corrected chi connectivity index (χ4v) is 2.25. The highest BCUT2D eigenvalue weighted by molar-refractivity contribution is 5.57. The first-order chi connectivity index (χ1) is 10.3. The maximum atomic E-state index is 5.55. The van der Waals surface area contributed by atoms with Crippen LogP contribution in [0.15, 0.2) is 24.5 Å². The van der Waals surface area contributed by atoms with Crippen LogP contribution in [0.1, 0.15) is 35.7 Å². The van der Waals surface area contributed by atoms with E-state index in [-0.39, 0.29) is 0 Å². The second-order valence-corrected chi connectivity index (χ2v) is 5.35. The summed E-state index contributed by atoms with van der Waals surface area (Å²) in [6, 6.07) is 4.05. The zero-order valence-corrected chi connectivity index (χ0v) is 12.1. The van der Waals surface area contributed by atoms with Gasteiger partial charge in [-0.15, -0.1) is 0 Å². The Hall–Kier alpha value is -2.21. The molecular formula is C15H20N6. The van der Waals surface area contributed by atoms with E-state index in [1.54, 1.807) is 0 Å². The Morgan fingerprint density at radius 2 is 1.90 bits per heavy atom. The summed E-state index contributed by atoms with van der Waals surface area (Å²) in [7, 11) is 0. The molecule has 2 aromatic rings. The molecule has 0 radical (unpaired) electrons. The zero-order valence-electron chi connectivity index (χ0n) is 12.1. The van der Waals surface area contributed by atoms with Gasteiger partial charge in [0.05, 0.1) is 0 Å². The largest absolute Gasteiger partial charge is 0.369 e. The van der Waals surface area contributed by atoms with Gasteiger partial charge < -0.3 is 10.7 Å². The van der Waals surface area contributed by atoms with Gasteiger partial charge >= 0.3 is 0 Å². The van der Waals surface area contributed by atoms with E-state index < -0.39 is 0 Å². The van der Waals surface area contributed by atoms with Gasteiger partial charge in [0, 0.05) is 30.4 Å². The lowest BCUT2D eigenvalue weighted by molar-refractivity contribution is 0.904. The number of nitrogens with one attached hydrogen (secondary N) is 2. The van der Waals surface area contributed by atoms with Crippen molar-refractivity contribution in [2.75, 3.05) is 17.3 Å². The van der Waals surface area contributed by atoms with Crippen LogP contribution in [-0.4, -0.2) is 21.5 Å². The van der Waals surface area contributed by atoms with Gasteiger partial charge in [-0.2, -0.15) is 0 Å². The van der Waals surface area contributed by atoms with E-state index >= 15 is 0 Å². The maximum absolute atomic E-state index is 5.55. The molecule has 0 spiro atoms. The minimum atomic E-state index is 0.499. The second-order valence-electron chi connectivity index (χ2n) is 5.35. The van der Waals surface area contributed by atoms with E-state index in [4.69, 9.17) is 5.84 Å². The van der Waals surface area contributed by atoms with Gasteiger partial charge in [0.15, 0.2) is 0 Å². The van der Waals surface area contributed by atoms with Gasteiger partial charge in [-0.05, 0) is 43.9 Å². The fourth-order valence-electron chi connectivity index (χ4n) is 2.25. The van der Waals surface area contributed by atoms with E-state index in [1.807, 2.05) is 31.5 Å². The van der Waals surface area contributed by atoms with Crippen LogP contribution in [0, 0.1) is 6.92 Å². The van der Waals surface area contributed by atoms with Crippen LogP contribution in [0.25, 0.3) is 0 Å². The van der Waals surface area contributed by atoms with E-state index in [0.29, 0.717) is 11.7 Å². The molecule has 0 atom stereocenters. The second kappa shape index (κ2) is 6.05. The standard InChI is InChI=1S/C15H20N6/c1-10-13(18-9-6-11-4-7-17-8-5-11)19-15(12-2-3-12)20-14(10)21-16/h4-5,7-8,12H,2-3,6,9,16H2,1H3,(H2,18,19,20,21). The SMILES string of the molecule is Cc1c(NN)nc(C2CC2)nc1NCCc1ccncc1. The van der Waals surface area contributed by atoms with Crippen molar-refractivity contribution in [2.24, 2.45) is 5.84 Å². The number of nitrogens with two attached hydrogens (primary N) is 1. The van der Waals surface area contributed by atoms with Gasteiger partial charge in [-0.25, -0.2) is 15.8 Å². The lowest BCUT2D eigenvalue weighted by atomic mass is 10.2. The fraction of sp³-hybridized carbons (Fsp3) is 0.400. The van der Waals surface area contributed by atoms with E-state index in [2.05, 4.69) is 25.7 Å². The molecule has 6 heteroatoms. The van der Waals surface area contributed by atoms with Crippen molar-refractivity contribution in [1.29, 1.82) is 0 Å². The molecule has 0 bridgehead atoms. The Bertz CT molecular complexity index is 609. The van der Waals surface area contributed by atoms with Gasteiger partial charge in [-0.1, -0.05) is 0 Å². The summed E-state index contributed by atoms with van der Waals surface area (Å²) in [5.74, 6) is 8.52. The average Bonchev–Trinajstić information content (AvgIpc) is 3.35. The quantitative estimate of drug-likeness (QED) is 0.555. The number of hydrogen-bond donors (Lipinski definition) is 3. The highest BCUT2D eigenvalue weighted by Gasteiger charge is 2.28. The van der Waals surface area contributed by atoms with Crippen molar-refractivity contribution in [3.05, 3.63) is 41.5 Å². The van der Waals surface area contributed by atoms with Crippen LogP contribution < -0.4 is 16.6 Å². The first kappa shape index (κ1) is 13.8. The third-order valence-corrected chi connectivity index (χ3v) is 3.70. The molecule has 2 heterocycles. The molecule has 1 aliphatic rings. The summed E-state index contributed by atoms with van der Waals surface area (Å²) in [5.41, 5.74) is 4.88. The Balaban J connectivity index is 1.70. The van der Waals surface area contributed by atoms with Crippen molar-refractivity contribution in [3.63, 3.8) is 0 Å². The number of aromatic nitrogens is 3. The Kier molecular flexibility index (Phi) is 3.96. The lowest BCUT2D eigenvalue weighted by Crippen LogP contribution is -2.15. The van der Waals surface area contributed by atoms with Crippen LogP contribution in [0.5, 0.6) is 0 Å². The topological polar surface area (TPSA) is 88.8 Å². The predicted octanol–water partition coefficient (Wildman–Crippen LogP) is 2.00. The summed E-state index contributed by atoms with van der Waals surface area (Å²) in [6.07, 6.45) is 6.89. The van der Waals surface area contributed by atoms with Gasteiger partial charge in [0.2, 0.25) is 0 Å². The number of hydrogen-bond acceptors (Lipinski definition) is 6. The summed E-state index contributed by atoms with van der Waals surface area (Å²) in [5, 5.41) is 3.39. The van der Waals surface area contributed by atoms with Crippen molar-refractivity contribution in [1.82, 2.24) is 15.0 Å². The number of pyridine rings is 1. The number of nitrogens with zero attached hydrogens (tertiary/aromatic N) is 3. The Morgan fingerprint density at radius 3 is 2.57 bits per heavy atom. The molecule has 0 amide bonds. The first-order valence-electron chi connectivity index (χ1n) is 7.26. The Morgan fingerprint density at radius 1 is 1.19 bits per heavy atom. The van der Waals surface area contributed by atoms with Gasteiger partial charge in [-0.3, -0.25) is 4.98 Å². The third-order valence-electron chi connectivity index (χ3n) is 3.70. The molecule has 0 saturated heterocycles. The highest BCUT2D eigenvalue weighted by atomic mass is 15.3. The van der Waals surface area contributed by atoms with Gasteiger partial charge in [0.1, 0.15) is 17.5 Å². The summed E-state index contributed by atoms with van der Waals surface area (Å²) in [4.78, 5) is 13.2. The first-order valence-corrected chi connectivity index (χ1v) is 7.26. The van der Waals surface area contributed by atoms with Crippen LogP contribution in [0.3, 0.4) is 0 Å². The zero-order chi connectivity index (χ0) is 14.7. The summed E-state index contributed by atoms with van der Waals surface area (Å²) in [6.45, 7) is 2.79. The van der Waals surface area contributed by atoms with E-state index in [9.17, 15) is 0 Å². The number of rotatable bonds is 6. The molecule has 3 rings (SSSR count). The van der Waals surface area contributed by atoms with Crippen LogP contribution in [0.2, 0.25) is 0 Å². The molecule has 1 fully saturated rings. The van der Waals surface area contributed by atoms with Crippen LogP contribution in [-0.2, 0) is 6.42 Å². The van der Waals surface area contributed by atoms with E-state index in [1.165, 1.54) is 18.4 Å². The molecule has 21 heavy (non-hydrogen) atoms. The minimum absolute atomic E-state index is 0.499. The third kappa shape index (κ3) is 3.28. The number of hydrazine groups is 1.